The van der Waals surface area contributed by atoms with Gasteiger partial charge in [-0.05, 0) is 18.2 Å². The molecule has 0 aliphatic rings. The number of halogens is 2. The van der Waals surface area contributed by atoms with E-state index in [0.717, 1.165) is 11.3 Å². The van der Waals surface area contributed by atoms with E-state index in [1.54, 1.807) is 20.8 Å². The summed E-state index contributed by atoms with van der Waals surface area (Å²) in [6, 6.07) is 3.41. The summed E-state index contributed by atoms with van der Waals surface area (Å²) in [5.74, 6) is -4.53. The number of hydrogen-bond acceptors (Lipinski definition) is 5. The molecular formula is C16H16F2N2O5S2. The Balaban J connectivity index is 2.27. The summed E-state index contributed by atoms with van der Waals surface area (Å²) in [7, 11) is -4.27. The first-order chi connectivity index (χ1) is 12.3. The number of nitrogens with one attached hydrogen (secondary N) is 2. The molecular weight excluding hydrogens is 402 g/mol. The van der Waals surface area contributed by atoms with E-state index in [1.165, 1.54) is 12.1 Å². The largest absolute Gasteiger partial charge is 0.478 e. The standard InChI is InChI=1S/C16H16F2N2O5S2/c1-16(2,3)15(23)19-12-4-5-13(26-12)27(24,25)20-11-7-9(17)8(14(21)22)6-10(11)18/h4-7,20H,1-3H3,(H,19,23)(H,21,22). The third kappa shape index (κ3) is 4.80. The van der Waals surface area contributed by atoms with Gasteiger partial charge in [-0.15, -0.1) is 11.3 Å². The summed E-state index contributed by atoms with van der Waals surface area (Å²) in [6.07, 6.45) is 0. The maximum Gasteiger partial charge on any atom is 0.338 e. The van der Waals surface area contributed by atoms with Gasteiger partial charge in [-0.1, -0.05) is 20.8 Å². The smallest absolute Gasteiger partial charge is 0.338 e. The minimum atomic E-state index is -4.27. The van der Waals surface area contributed by atoms with Gasteiger partial charge in [-0.2, -0.15) is 0 Å². The number of carbonyl (C=O) groups excluding carboxylic acids is 1. The van der Waals surface area contributed by atoms with Crippen molar-refractivity contribution in [1.82, 2.24) is 0 Å². The summed E-state index contributed by atoms with van der Waals surface area (Å²) in [5.41, 5.74) is -2.33. The fourth-order valence-corrected chi connectivity index (χ4v) is 4.07. The van der Waals surface area contributed by atoms with Crippen molar-refractivity contribution in [1.29, 1.82) is 0 Å². The lowest BCUT2D eigenvalue weighted by Gasteiger charge is -2.16. The Morgan fingerprint density at radius 3 is 2.30 bits per heavy atom. The van der Waals surface area contributed by atoms with Gasteiger partial charge >= 0.3 is 5.97 Å². The van der Waals surface area contributed by atoms with Gasteiger partial charge in [0.05, 0.1) is 16.3 Å². The number of anilines is 2. The van der Waals surface area contributed by atoms with Gasteiger partial charge in [0.25, 0.3) is 10.0 Å². The normalized spacial score (nSPS) is 11.9. The molecule has 0 bridgehead atoms. The van der Waals surface area contributed by atoms with Crippen molar-refractivity contribution in [3.63, 3.8) is 0 Å². The van der Waals surface area contributed by atoms with E-state index in [-0.39, 0.29) is 15.1 Å². The first-order valence-electron chi connectivity index (χ1n) is 7.48. The lowest BCUT2D eigenvalue weighted by atomic mass is 9.96. The Morgan fingerprint density at radius 1 is 1.11 bits per heavy atom. The molecule has 0 fully saturated rings. The Morgan fingerprint density at radius 2 is 1.74 bits per heavy atom. The monoisotopic (exact) mass is 418 g/mol. The number of amides is 1. The molecule has 0 unspecified atom stereocenters. The number of rotatable bonds is 5. The molecule has 11 heteroatoms. The number of aromatic carboxylic acids is 1. The van der Waals surface area contributed by atoms with Crippen LogP contribution in [0.15, 0.2) is 28.5 Å². The topological polar surface area (TPSA) is 113 Å². The molecule has 7 nitrogen and oxygen atoms in total. The molecule has 1 amide bonds. The minimum Gasteiger partial charge on any atom is -0.478 e. The number of sulfonamides is 1. The van der Waals surface area contributed by atoms with Crippen LogP contribution in [0.1, 0.15) is 31.1 Å². The van der Waals surface area contributed by atoms with Crippen molar-refractivity contribution < 1.29 is 31.9 Å². The molecule has 0 atom stereocenters. The average molecular weight is 418 g/mol. The van der Waals surface area contributed by atoms with Crippen molar-refractivity contribution in [3.05, 3.63) is 41.5 Å². The molecule has 3 N–H and O–H groups in total. The molecule has 0 aliphatic carbocycles. The predicted molar refractivity (Wildman–Crippen MR) is 96.5 cm³/mol. The van der Waals surface area contributed by atoms with E-state index in [4.69, 9.17) is 5.11 Å². The highest BCUT2D eigenvalue weighted by Crippen LogP contribution is 2.30. The van der Waals surface area contributed by atoms with Gasteiger partial charge in [-0.3, -0.25) is 9.52 Å². The molecule has 2 rings (SSSR count). The molecule has 2 aromatic rings. The van der Waals surface area contributed by atoms with Crippen LogP contribution in [0.2, 0.25) is 0 Å². The second-order valence-corrected chi connectivity index (χ2v) is 9.54. The number of thiophene rings is 1. The number of carbonyl (C=O) groups is 2. The maximum absolute atomic E-state index is 13.9. The number of benzene rings is 1. The first kappa shape index (κ1) is 20.8. The first-order valence-corrected chi connectivity index (χ1v) is 9.77. The van der Waals surface area contributed by atoms with Crippen LogP contribution in [0.3, 0.4) is 0 Å². The summed E-state index contributed by atoms with van der Waals surface area (Å²) < 4.78 is 54.0. The van der Waals surface area contributed by atoms with Gasteiger partial charge in [-0.25, -0.2) is 22.0 Å². The molecule has 0 saturated heterocycles. The molecule has 146 valence electrons. The fourth-order valence-electron chi connectivity index (χ4n) is 1.82. The zero-order chi connectivity index (χ0) is 20.6. The van der Waals surface area contributed by atoms with E-state index in [9.17, 15) is 26.8 Å². The van der Waals surface area contributed by atoms with Crippen molar-refractivity contribution in [2.45, 2.75) is 25.0 Å². The molecule has 1 heterocycles. The van der Waals surface area contributed by atoms with Crippen LogP contribution >= 0.6 is 11.3 Å². The summed E-state index contributed by atoms with van der Waals surface area (Å²) in [6.45, 7) is 5.06. The highest BCUT2D eigenvalue weighted by Gasteiger charge is 2.24. The highest BCUT2D eigenvalue weighted by atomic mass is 32.2. The molecule has 0 radical (unpaired) electrons. The highest BCUT2D eigenvalue weighted by molar-refractivity contribution is 7.94. The Labute approximate surface area is 158 Å². The second-order valence-electron chi connectivity index (χ2n) is 6.55. The zero-order valence-electron chi connectivity index (χ0n) is 14.5. The number of hydrogen-bond donors (Lipinski definition) is 3. The van der Waals surface area contributed by atoms with Crippen LogP contribution in [0, 0.1) is 17.0 Å². The Kier molecular flexibility index (Phi) is 5.57. The number of carboxylic acid groups (broad SMARTS) is 1. The minimum absolute atomic E-state index is 0.242. The fraction of sp³-hybridized carbons (Fsp3) is 0.250. The number of carboxylic acids is 1. The molecule has 0 spiro atoms. The van der Waals surface area contributed by atoms with Crippen molar-refractivity contribution >= 4 is 43.9 Å². The van der Waals surface area contributed by atoms with E-state index >= 15 is 0 Å². The third-order valence-corrected chi connectivity index (χ3v) is 6.15. The van der Waals surface area contributed by atoms with Crippen molar-refractivity contribution in [2.24, 2.45) is 5.41 Å². The van der Waals surface area contributed by atoms with Gasteiger partial charge in [0.2, 0.25) is 5.91 Å². The maximum atomic E-state index is 13.9. The average Bonchev–Trinajstić information content (AvgIpc) is 2.98. The van der Waals surface area contributed by atoms with Crippen molar-refractivity contribution in [2.75, 3.05) is 10.0 Å². The van der Waals surface area contributed by atoms with Crippen LogP contribution < -0.4 is 10.0 Å². The van der Waals surface area contributed by atoms with Crippen LogP contribution in [-0.2, 0) is 14.8 Å². The van der Waals surface area contributed by atoms with Crippen molar-refractivity contribution in [3.8, 4) is 0 Å². The SMILES string of the molecule is CC(C)(C)C(=O)Nc1ccc(S(=O)(=O)Nc2cc(F)c(C(=O)O)cc2F)s1. The molecule has 1 aromatic heterocycles. The van der Waals surface area contributed by atoms with Crippen LogP contribution in [-0.4, -0.2) is 25.4 Å². The Hall–Kier alpha value is -2.53. The Bertz CT molecular complexity index is 1010. The molecule has 0 aliphatic heterocycles. The summed E-state index contributed by atoms with van der Waals surface area (Å²) in [4.78, 5) is 22.7. The molecule has 27 heavy (non-hydrogen) atoms. The second kappa shape index (κ2) is 7.24. The van der Waals surface area contributed by atoms with Gasteiger partial charge in [0.15, 0.2) is 0 Å². The quantitative estimate of drug-likeness (QED) is 0.688. The van der Waals surface area contributed by atoms with E-state index in [1.807, 2.05) is 4.72 Å². The third-order valence-electron chi connectivity index (χ3n) is 3.30. The van der Waals surface area contributed by atoms with E-state index < -0.39 is 44.3 Å². The lowest BCUT2D eigenvalue weighted by molar-refractivity contribution is -0.123. The van der Waals surface area contributed by atoms with Gasteiger partial charge in [0, 0.05) is 11.5 Å². The van der Waals surface area contributed by atoms with Gasteiger partial charge < -0.3 is 10.4 Å². The van der Waals surface area contributed by atoms with E-state index in [2.05, 4.69) is 5.32 Å². The lowest BCUT2D eigenvalue weighted by Crippen LogP contribution is -2.27. The van der Waals surface area contributed by atoms with Crippen LogP contribution in [0.25, 0.3) is 0 Å². The summed E-state index contributed by atoms with van der Waals surface area (Å²) in [5, 5.41) is 11.6. The van der Waals surface area contributed by atoms with Gasteiger partial charge in [0.1, 0.15) is 15.8 Å². The molecule has 1 aromatic carbocycles. The summed E-state index contributed by atoms with van der Waals surface area (Å²) >= 11 is 0.729. The molecule has 0 saturated carbocycles. The van der Waals surface area contributed by atoms with E-state index in [0.29, 0.717) is 12.1 Å². The van der Waals surface area contributed by atoms with Crippen LogP contribution in [0.4, 0.5) is 19.5 Å². The van der Waals surface area contributed by atoms with Crippen LogP contribution in [0.5, 0.6) is 0 Å². The predicted octanol–water partition coefficient (Wildman–Crippen LogP) is 3.51. The zero-order valence-corrected chi connectivity index (χ0v) is 16.1.